The van der Waals surface area contributed by atoms with Crippen LogP contribution in [0.25, 0.3) is 0 Å². The molecule has 1 unspecified atom stereocenters. The van der Waals surface area contributed by atoms with Gasteiger partial charge in [-0.25, -0.2) is 12.7 Å². The monoisotopic (exact) mass is 331 g/mol. The molecule has 1 atom stereocenters. The number of rotatable bonds is 5. The average molecular weight is 331 g/mol. The van der Waals surface area contributed by atoms with Crippen molar-refractivity contribution in [3.05, 3.63) is 0 Å². The van der Waals surface area contributed by atoms with Gasteiger partial charge in [0.25, 0.3) is 0 Å². The van der Waals surface area contributed by atoms with E-state index in [1.54, 1.807) is 0 Å². The summed E-state index contributed by atoms with van der Waals surface area (Å²) < 4.78 is 24.7. The molecule has 2 rings (SSSR count). The van der Waals surface area contributed by atoms with Crippen LogP contribution in [-0.4, -0.2) is 69.1 Å². The van der Waals surface area contributed by atoms with Crippen molar-refractivity contribution in [1.29, 1.82) is 0 Å². The van der Waals surface area contributed by atoms with E-state index in [0.29, 0.717) is 26.2 Å². The molecule has 2 saturated heterocycles. The number of hydrogen-bond acceptors (Lipinski definition) is 4. The molecule has 1 N–H and O–H groups in total. The van der Waals surface area contributed by atoms with Gasteiger partial charge in [0.2, 0.25) is 15.9 Å². The number of likely N-dealkylation sites (tertiary alicyclic amines) is 1. The Balaban J connectivity index is 1.71. The van der Waals surface area contributed by atoms with Crippen LogP contribution in [-0.2, 0) is 14.8 Å². The van der Waals surface area contributed by atoms with Crippen LogP contribution >= 0.6 is 0 Å². The molecule has 0 bridgehead atoms. The van der Waals surface area contributed by atoms with Crippen molar-refractivity contribution in [2.24, 2.45) is 5.92 Å². The fourth-order valence-corrected chi connectivity index (χ4v) is 4.25. The fraction of sp³-hybridized carbons (Fsp3) is 0.933. The van der Waals surface area contributed by atoms with Crippen LogP contribution in [0.1, 0.15) is 38.5 Å². The Hall–Kier alpha value is -0.660. The van der Waals surface area contributed by atoms with Crippen LogP contribution in [0.5, 0.6) is 0 Å². The van der Waals surface area contributed by atoms with Gasteiger partial charge in [-0.1, -0.05) is 12.8 Å². The molecule has 0 radical (unpaired) electrons. The van der Waals surface area contributed by atoms with E-state index in [4.69, 9.17) is 0 Å². The standard InChI is InChI=1S/C15H29N3O3S/c1-22(20,21)18-10-6-7-14(12-18)11-16-15(19)13-17-8-4-2-3-5-9-17/h14H,2-13H2,1H3,(H,16,19). The molecular formula is C15H29N3O3S. The third-order valence-corrected chi connectivity index (χ3v) is 5.87. The first-order valence-electron chi connectivity index (χ1n) is 8.39. The van der Waals surface area contributed by atoms with Gasteiger partial charge in [0, 0.05) is 19.6 Å². The molecule has 0 aromatic carbocycles. The normalized spacial score (nSPS) is 25.6. The van der Waals surface area contributed by atoms with E-state index in [1.807, 2.05) is 0 Å². The summed E-state index contributed by atoms with van der Waals surface area (Å²) in [7, 11) is -3.11. The lowest BCUT2D eigenvalue weighted by Gasteiger charge is -2.31. The summed E-state index contributed by atoms with van der Waals surface area (Å²) in [5, 5.41) is 2.99. The van der Waals surface area contributed by atoms with Crippen LogP contribution in [0.4, 0.5) is 0 Å². The van der Waals surface area contributed by atoms with Gasteiger partial charge < -0.3 is 5.32 Å². The van der Waals surface area contributed by atoms with E-state index in [-0.39, 0.29) is 11.8 Å². The van der Waals surface area contributed by atoms with E-state index in [9.17, 15) is 13.2 Å². The molecule has 6 nitrogen and oxygen atoms in total. The smallest absolute Gasteiger partial charge is 0.234 e. The third kappa shape index (κ3) is 5.85. The number of sulfonamides is 1. The van der Waals surface area contributed by atoms with Crippen molar-refractivity contribution in [3.63, 3.8) is 0 Å². The molecule has 128 valence electrons. The van der Waals surface area contributed by atoms with Gasteiger partial charge in [0.05, 0.1) is 12.8 Å². The predicted octanol–water partition coefficient (Wildman–Crippen LogP) is 0.650. The minimum Gasteiger partial charge on any atom is -0.355 e. The second kappa shape index (κ2) is 8.26. The first-order valence-corrected chi connectivity index (χ1v) is 10.2. The third-order valence-electron chi connectivity index (χ3n) is 4.60. The lowest BCUT2D eigenvalue weighted by Crippen LogP contribution is -2.45. The highest BCUT2D eigenvalue weighted by Gasteiger charge is 2.26. The molecule has 0 saturated carbocycles. The van der Waals surface area contributed by atoms with E-state index in [1.165, 1.54) is 36.2 Å². The highest BCUT2D eigenvalue weighted by atomic mass is 32.2. The van der Waals surface area contributed by atoms with Crippen molar-refractivity contribution in [2.45, 2.75) is 38.5 Å². The number of hydrogen-bond donors (Lipinski definition) is 1. The SMILES string of the molecule is CS(=O)(=O)N1CCCC(CNC(=O)CN2CCCCCC2)C1. The Morgan fingerprint density at radius 1 is 1.09 bits per heavy atom. The van der Waals surface area contributed by atoms with Crippen molar-refractivity contribution in [1.82, 2.24) is 14.5 Å². The van der Waals surface area contributed by atoms with Crippen molar-refractivity contribution >= 4 is 15.9 Å². The Labute approximate surface area is 134 Å². The molecule has 2 heterocycles. The summed E-state index contributed by atoms with van der Waals surface area (Å²) in [5.41, 5.74) is 0. The number of piperidine rings is 1. The van der Waals surface area contributed by atoms with Gasteiger partial charge >= 0.3 is 0 Å². The van der Waals surface area contributed by atoms with Crippen molar-refractivity contribution in [2.75, 3.05) is 45.5 Å². The maximum absolute atomic E-state index is 12.1. The summed E-state index contributed by atoms with van der Waals surface area (Å²) in [5.74, 6) is 0.301. The van der Waals surface area contributed by atoms with E-state index in [0.717, 1.165) is 25.9 Å². The number of carbonyl (C=O) groups excluding carboxylic acids is 1. The predicted molar refractivity (Wildman–Crippen MR) is 87.1 cm³/mol. The molecule has 0 aliphatic carbocycles. The first-order chi connectivity index (χ1) is 10.4. The highest BCUT2D eigenvalue weighted by molar-refractivity contribution is 7.88. The zero-order chi connectivity index (χ0) is 16.0. The van der Waals surface area contributed by atoms with Crippen molar-refractivity contribution in [3.8, 4) is 0 Å². The van der Waals surface area contributed by atoms with Gasteiger partial charge in [0.1, 0.15) is 0 Å². The Morgan fingerprint density at radius 2 is 1.77 bits per heavy atom. The highest BCUT2D eigenvalue weighted by Crippen LogP contribution is 2.18. The molecule has 2 fully saturated rings. The summed E-state index contributed by atoms with van der Waals surface area (Å²) in [6.07, 6.45) is 8.00. The van der Waals surface area contributed by atoms with Gasteiger partial charge in [0.15, 0.2) is 0 Å². The minimum absolute atomic E-state index is 0.0679. The Morgan fingerprint density at radius 3 is 2.41 bits per heavy atom. The molecular weight excluding hydrogens is 302 g/mol. The summed E-state index contributed by atoms with van der Waals surface area (Å²) in [4.78, 5) is 14.3. The molecule has 0 aromatic rings. The summed E-state index contributed by atoms with van der Waals surface area (Å²) in [6.45, 7) is 4.22. The van der Waals surface area contributed by atoms with Crippen LogP contribution in [0.15, 0.2) is 0 Å². The Bertz CT molecular complexity index is 459. The Kier molecular flexibility index (Phi) is 6.65. The summed E-state index contributed by atoms with van der Waals surface area (Å²) >= 11 is 0. The van der Waals surface area contributed by atoms with Crippen LogP contribution in [0.2, 0.25) is 0 Å². The van der Waals surface area contributed by atoms with Gasteiger partial charge in [-0.3, -0.25) is 9.69 Å². The van der Waals surface area contributed by atoms with E-state index >= 15 is 0 Å². The number of carbonyl (C=O) groups is 1. The zero-order valence-corrected chi connectivity index (χ0v) is 14.4. The van der Waals surface area contributed by atoms with E-state index < -0.39 is 10.0 Å². The number of nitrogens with zero attached hydrogens (tertiary/aromatic N) is 2. The largest absolute Gasteiger partial charge is 0.355 e. The lowest BCUT2D eigenvalue weighted by molar-refractivity contribution is -0.122. The molecule has 0 spiro atoms. The van der Waals surface area contributed by atoms with E-state index in [2.05, 4.69) is 10.2 Å². The molecule has 2 aliphatic heterocycles. The van der Waals surface area contributed by atoms with Gasteiger partial charge in [-0.15, -0.1) is 0 Å². The second-order valence-electron chi connectivity index (χ2n) is 6.62. The number of amides is 1. The van der Waals surface area contributed by atoms with Crippen LogP contribution < -0.4 is 5.32 Å². The van der Waals surface area contributed by atoms with Crippen molar-refractivity contribution < 1.29 is 13.2 Å². The molecule has 1 amide bonds. The molecule has 22 heavy (non-hydrogen) atoms. The van der Waals surface area contributed by atoms with Crippen LogP contribution in [0, 0.1) is 5.92 Å². The first kappa shape index (κ1) is 17.7. The lowest BCUT2D eigenvalue weighted by atomic mass is 10.00. The topological polar surface area (TPSA) is 69.7 Å². The number of nitrogens with one attached hydrogen (secondary N) is 1. The summed E-state index contributed by atoms with van der Waals surface area (Å²) in [6, 6.07) is 0. The maximum atomic E-state index is 12.1. The molecule has 0 aromatic heterocycles. The molecule has 7 heteroatoms. The average Bonchev–Trinajstić information content (AvgIpc) is 2.73. The molecule has 2 aliphatic rings. The van der Waals surface area contributed by atoms with Gasteiger partial charge in [-0.05, 0) is 44.7 Å². The maximum Gasteiger partial charge on any atom is 0.234 e. The zero-order valence-electron chi connectivity index (χ0n) is 13.6. The quantitative estimate of drug-likeness (QED) is 0.803. The minimum atomic E-state index is -3.11. The van der Waals surface area contributed by atoms with Crippen LogP contribution in [0.3, 0.4) is 0 Å². The fourth-order valence-electron chi connectivity index (χ4n) is 3.31. The van der Waals surface area contributed by atoms with Gasteiger partial charge in [-0.2, -0.15) is 0 Å². The second-order valence-corrected chi connectivity index (χ2v) is 8.61.